The van der Waals surface area contributed by atoms with Gasteiger partial charge in [0.05, 0.1) is 0 Å². The van der Waals surface area contributed by atoms with Crippen molar-refractivity contribution in [2.24, 2.45) is 0 Å². The summed E-state index contributed by atoms with van der Waals surface area (Å²) in [6, 6.07) is 16.0. The van der Waals surface area contributed by atoms with Crippen molar-refractivity contribution < 1.29 is 73.5 Å². The molecule has 0 radical (unpaired) electrons. The van der Waals surface area contributed by atoms with Crippen molar-refractivity contribution in [2.75, 3.05) is 0 Å². The van der Waals surface area contributed by atoms with E-state index in [2.05, 4.69) is 0 Å². The molecule has 2 aromatic rings. The van der Waals surface area contributed by atoms with Gasteiger partial charge in [-0.05, 0) is 23.5 Å². The molecule has 7 heteroatoms. The Labute approximate surface area is 158 Å². The van der Waals surface area contributed by atoms with Crippen LogP contribution in [-0.2, 0) is 4.57 Å². The Balaban J connectivity index is 0.00000162. The molecule has 0 saturated carbocycles. The van der Waals surface area contributed by atoms with Gasteiger partial charge in [0.15, 0.2) is 0 Å². The molecule has 0 amide bonds. The largest absolute Gasteiger partial charge is 1.00 e. The van der Waals surface area contributed by atoms with Crippen LogP contribution >= 0.6 is 16.2 Å². The topological polar surface area (TPSA) is 63.2 Å². The Kier molecular flexibility index (Phi) is 9.61. The summed E-state index contributed by atoms with van der Waals surface area (Å²) in [6.07, 6.45) is 0. The zero-order valence-electron chi connectivity index (χ0n) is 10.9. The molecule has 1 atom stereocenters. The third kappa shape index (κ3) is 6.54. The van der Waals surface area contributed by atoms with Gasteiger partial charge >= 0.3 is 59.1 Å². The van der Waals surface area contributed by atoms with E-state index in [0.717, 1.165) is 5.30 Å². The second kappa shape index (κ2) is 9.12. The first-order valence-corrected chi connectivity index (χ1v) is 7.55. The average Bonchev–Trinajstić information content (AvgIpc) is 2.30. The van der Waals surface area contributed by atoms with E-state index in [1.807, 2.05) is 30.3 Å². The molecule has 0 N–H and O–H groups in total. The molecule has 0 aliphatic carbocycles. The summed E-state index contributed by atoms with van der Waals surface area (Å²) < 4.78 is 10.8. The molecule has 0 aliphatic heterocycles. The van der Waals surface area contributed by atoms with Gasteiger partial charge in [-0.2, -0.15) is 0 Å². The molecule has 0 saturated heterocycles. The molecule has 1 unspecified atom stereocenters. The number of rotatable bonds is 3. The first-order valence-electron chi connectivity index (χ1n) is 5.00. The molecule has 0 bridgehead atoms. The molecule has 19 heavy (non-hydrogen) atoms. The van der Waals surface area contributed by atoms with Crippen molar-refractivity contribution in [3.63, 3.8) is 0 Å². The predicted octanol–water partition coefficient (Wildman–Crippen LogP) is -6.14. The summed E-state index contributed by atoms with van der Waals surface area (Å²) in [5.74, 6) is 0. The summed E-state index contributed by atoms with van der Waals surface area (Å²) in [4.78, 5) is 21.6. The van der Waals surface area contributed by atoms with Gasteiger partial charge < -0.3 is 14.4 Å². The zero-order valence-corrected chi connectivity index (χ0v) is 16.8. The zero-order chi connectivity index (χ0) is 12.3. The van der Waals surface area contributed by atoms with Crippen LogP contribution in [0.25, 0.3) is 0 Å². The van der Waals surface area contributed by atoms with Crippen molar-refractivity contribution in [2.45, 2.75) is 0 Å². The number of hydrogen-bond acceptors (Lipinski definition) is 3. The van der Waals surface area contributed by atoms with E-state index >= 15 is 0 Å². The van der Waals surface area contributed by atoms with Gasteiger partial charge in [-0.15, -0.1) is 0 Å². The third-order valence-electron chi connectivity index (χ3n) is 2.25. The van der Waals surface area contributed by atoms with Crippen LogP contribution in [0.1, 0.15) is 0 Å². The Hall–Kier alpha value is 1.02. The molecule has 3 nitrogen and oxygen atoms in total. The van der Waals surface area contributed by atoms with Crippen LogP contribution in [0.5, 0.6) is 0 Å². The third-order valence-corrected chi connectivity index (χ3v) is 4.42. The predicted molar refractivity (Wildman–Crippen MR) is 67.7 cm³/mol. The van der Waals surface area contributed by atoms with Gasteiger partial charge in [-0.3, -0.25) is 0 Å². The molecule has 88 valence electrons. The molecular formula is C12H10Na2O3P2. The summed E-state index contributed by atoms with van der Waals surface area (Å²) in [5.41, 5.74) is 0. The first-order chi connectivity index (χ1) is 8.05. The van der Waals surface area contributed by atoms with E-state index in [0.29, 0.717) is 8.58 Å². The minimum Gasteiger partial charge on any atom is -0.807 e. The summed E-state index contributed by atoms with van der Waals surface area (Å²) in [6.45, 7) is 0. The van der Waals surface area contributed by atoms with Crippen molar-refractivity contribution in [3.8, 4) is 0 Å². The Morgan fingerprint density at radius 3 is 1.74 bits per heavy atom. The fourth-order valence-corrected chi connectivity index (χ4v) is 2.96. The molecule has 0 aromatic heterocycles. The Morgan fingerprint density at radius 1 is 0.789 bits per heavy atom. The minimum atomic E-state index is -4.62. The van der Waals surface area contributed by atoms with Crippen molar-refractivity contribution >= 4 is 32.1 Å². The maximum Gasteiger partial charge on any atom is 1.00 e. The van der Waals surface area contributed by atoms with Gasteiger partial charge in [0.2, 0.25) is 0 Å². The monoisotopic (exact) mass is 310 g/mol. The van der Waals surface area contributed by atoms with Crippen LogP contribution in [0.3, 0.4) is 0 Å². The van der Waals surface area contributed by atoms with E-state index in [1.54, 1.807) is 12.1 Å². The van der Waals surface area contributed by atoms with Crippen LogP contribution < -0.4 is 84.8 Å². The fraction of sp³-hybridized carbons (Fsp3) is 0. The second-order valence-electron chi connectivity index (χ2n) is 3.54. The SMILES string of the molecule is O=P([O-])([O-])c1ccc(Pc2ccccc2)cc1.[Na+].[Na+]. The van der Waals surface area contributed by atoms with Crippen LogP contribution in [0, 0.1) is 0 Å². The number of benzene rings is 2. The van der Waals surface area contributed by atoms with Crippen LogP contribution in [0.4, 0.5) is 0 Å². The standard InChI is InChI=1S/C12H12O3P2.2Na/c13-17(14,15)12-8-6-11(7-9-12)16-10-4-2-1-3-5-10;;/h1-9,16H,(H2,13,14,15);;/q;2*+1/p-2. The van der Waals surface area contributed by atoms with E-state index in [4.69, 9.17) is 0 Å². The van der Waals surface area contributed by atoms with Crippen LogP contribution in [0.15, 0.2) is 54.6 Å². The van der Waals surface area contributed by atoms with Gasteiger partial charge in [0.25, 0.3) is 0 Å². The molecule has 0 fully saturated rings. The second-order valence-corrected chi connectivity index (χ2v) is 6.45. The van der Waals surface area contributed by atoms with Gasteiger partial charge in [0.1, 0.15) is 0 Å². The van der Waals surface area contributed by atoms with Crippen molar-refractivity contribution in [1.82, 2.24) is 0 Å². The van der Waals surface area contributed by atoms with Gasteiger partial charge in [-0.1, -0.05) is 63.2 Å². The molecule has 0 heterocycles. The molecular weight excluding hydrogens is 300 g/mol. The van der Waals surface area contributed by atoms with E-state index in [9.17, 15) is 14.4 Å². The summed E-state index contributed by atoms with van der Waals surface area (Å²) in [5, 5.41) is 2.03. The van der Waals surface area contributed by atoms with Crippen LogP contribution in [-0.4, -0.2) is 0 Å². The van der Waals surface area contributed by atoms with Gasteiger partial charge in [0, 0.05) is 0 Å². The maximum atomic E-state index is 10.8. The maximum absolute atomic E-state index is 10.8. The quantitative estimate of drug-likeness (QED) is 0.419. The molecule has 0 aliphatic rings. The summed E-state index contributed by atoms with van der Waals surface area (Å²) in [7, 11) is -4.15. The van der Waals surface area contributed by atoms with Crippen molar-refractivity contribution in [1.29, 1.82) is 0 Å². The van der Waals surface area contributed by atoms with E-state index in [1.165, 1.54) is 17.4 Å². The molecule has 0 spiro atoms. The Morgan fingerprint density at radius 2 is 1.26 bits per heavy atom. The molecule has 2 aromatic carbocycles. The van der Waals surface area contributed by atoms with Crippen LogP contribution in [0.2, 0.25) is 0 Å². The average molecular weight is 310 g/mol. The summed E-state index contributed by atoms with van der Waals surface area (Å²) >= 11 is 0. The van der Waals surface area contributed by atoms with Gasteiger partial charge in [-0.25, -0.2) is 0 Å². The fourth-order valence-electron chi connectivity index (χ4n) is 1.42. The van der Waals surface area contributed by atoms with E-state index < -0.39 is 7.60 Å². The molecule has 2 rings (SSSR count). The van der Waals surface area contributed by atoms with Crippen molar-refractivity contribution in [3.05, 3.63) is 54.6 Å². The van der Waals surface area contributed by atoms with E-state index in [-0.39, 0.29) is 64.4 Å². The minimum absolute atomic E-state index is 0. The normalized spacial score (nSPS) is 10.8. The first kappa shape index (κ1) is 20.0. The number of hydrogen-bond donors (Lipinski definition) is 0. The smallest absolute Gasteiger partial charge is 0.807 e. The Bertz CT molecular complexity index is 541.